The highest BCUT2D eigenvalue weighted by Gasteiger charge is 2.04. The molecule has 5 nitrogen and oxygen atoms in total. The number of hydrogen-bond donors (Lipinski definition) is 2. The van der Waals surface area contributed by atoms with Crippen molar-refractivity contribution < 1.29 is 9.63 Å². The first-order chi connectivity index (χ1) is 6.68. The van der Waals surface area contributed by atoms with E-state index < -0.39 is 0 Å². The second-order valence-corrected chi connectivity index (χ2v) is 3.54. The minimum atomic E-state index is -0.350. The molecule has 0 saturated carbocycles. The van der Waals surface area contributed by atoms with Crippen molar-refractivity contribution >= 4 is 0 Å². The zero-order chi connectivity index (χ0) is 10.4. The van der Waals surface area contributed by atoms with E-state index in [4.69, 9.17) is 0 Å². The number of nitrogens with zero attached hydrogens (tertiary/aromatic N) is 2. The number of nitrogens with one attached hydrogen (secondary N) is 1. The SMILES string of the molecule is CN(C)CC(O)CNCc1ccon1. The van der Waals surface area contributed by atoms with Crippen molar-refractivity contribution in [3.05, 3.63) is 18.0 Å². The largest absolute Gasteiger partial charge is 0.390 e. The molecule has 80 valence electrons. The molecule has 0 aliphatic carbocycles. The van der Waals surface area contributed by atoms with Crippen molar-refractivity contribution in [2.75, 3.05) is 27.2 Å². The van der Waals surface area contributed by atoms with E-state index in [1.807, 2.05) is 19.0 Å². The average molecular weight is 199 g/mol. The van der Waals surface area contributed by atoms with Crippen LogP contribution in [0.3, 0.4) is 0 Å². The molecule has 0 fully saturated rings. The fourth-order valence-corrected chi connectivity index (χ4v) is 1.18. The highest BCUT2D eigenvalue weighted by atomic mass is 16.5. The summed E-state index contributed by atoms with van der Waals surface area (Å²) in [5, 5.41) is 16.3. The summed E-state index contributed by atoms with van der Waals surface area (Å²) < 4.78 is 4.68. The van der Waals surface area contributed by atoms with Gasteiger partial charge in [-0.2, -0.15) is 0 Å². The number of aromatic nitrogens is 1. The quantitative estimate of drug-likeness (QED) is 0.658. The Hall–Kier alpha value is -0.910. The zero-order valence-electron chi connectivity index (χ0n) is 8.60. The molecule has 14 heavy (non-hydrogen) atoms. The summed E-state index contributed by atoms with van der Waals surface area (Å²) in [6, 6.07) is 1.80. The van der Waals surface area contributed by atoms with Gasteiger partial charge in [0.25, 0.3) is 0 Å². The minimum absolute atomic E-state index is 0.350. The molecule has 1 aromatic heterocycles. The molecule has 0 amide bonds. The monoisotopic (exact) mass is 199 g/mol. The average Bonchev–Trinajstić information content (AvgIpc) is 2.55. The van der Waals surface area contributed by atoms with Crippen LogP contribution in [0.25, 0.3) is 0 Å². The Morgan fingerprint density at radius 1 is 1.64 bits per heavy atom. The number of aliphatic hydroxyl groups excluding tert-OH is 1. The third-order valence-corrected chi connectivity index (χ3v) is 1.75. The fraction of sp³-hybridized carbons (Fsp3) is 0.667. The Labute approximate surface area is 83.7 Å². The molecule has 1 aromatic rings. The van der Waals surface area contributed by atoms with E-state index in [1.54, 1.807) is 6.07 Å². The molecule has 0 saturated heterocycles. The van der Waals surface area contributed by atoms with Gasteiger partial charge in [0.15, 0.2) is 0 Å². The van der Waals surface area contributed by atoms with E-state index >= 15 is 0 Å². The van der Waals surface area contributed by atoms with Crippen LogP contribution in [-0.2, 0) is 6.54 Å². The van der Waals surface area contributed by atoms with Crippen LogP contribution in [-0.4, -0.2) is 48.5 Å². The van der Waals surface area contributed by atoms with Gasteiger partial charge in [-0.1, -0.05) is 5.16 Å². The van der Waals surface area contributed by atoms with Crippen LogP contribution in [0.4, 0.5) is 0 Å². The Morgan fingerprint density at radius 3 is 3.00 bits per heavy atom. The maximum atomic E-state index is 9.50. The molecule has 2 N–H and O–H groups in total. The lowest BCUT2D eigenvalue weighted by molar-refractivity contribution is 0.134. The molecule has 1 rings (SSSR count). The van der Waals surface area contributed by atoms with Crippen molar-refractivity contribution in [1.82, 2.24) is 15.4 Å². The Morgan fingerprint density at radius 2 is 2.43 bits per heavy atom. The van der Waals surface area contributed by atoms with Gasteiger partial charge < -0.3 is 19.8 Å². The minimum Gasteiger partial charge on any atom is -0.390 e. The van der Waals surface area contributed by atoms with Gasteiger partial charge in [-0.3, -0.25) is 0 Å². The summed E-state index contributed by atoms with van der Waals surface area (Å²) in [5.74, 6) is 0. The Bertz CT molecular complexity index is 236. The van der Waals surface area contributed by atoms with Gasteiger partial charge in [0.2, 0.25) is 0 Å². The molecular formula is C9H17N3O2. The normalized spacial score (nSPS) is 13.4. The molecule has 1 heterocycles. The molecule has 0 aromatic carbocycles. The lowest BCUT2D eigenvalue weighted by Gasteiger charge is -2.15. The molecule has 0 aliphatic rings. The van der Waals surface area contributed by atoms with Gasteiger partial charge in [0, 0.05) is 25.7 Å². The van der Waals surface area contributed by atoms with Crippen molar-refractivity contribution in [2.24, 2.45) is 0 Å². The van der Waals surface area contributed by atoms with Crippen LogP contribution in [0.1, 0.15) is 5.69 Å². The summed E-state index contributed by atoms with van der Waals surface area (Å²) >= 11 is 0. The fourth-order valence-electron chi connectivity index (χ4n) is 1.18. The first-order valence-electron chi connectivity index (χ1n) is 4.61. The van der Waals surface area contributed by atoms with Crippen LogP contribution in [0.15, 0.2) is 16.9 Å². The number of hydrogen-bond acceptors (Lipinski definition) is 5. The summed E-state index contributed by atoms with van der Waals surface area (Å²) in [7, 11) is 3.86. The van der Waals surface area contributed by atoms with Crippen molar-refractivity contribution in [3.8, 4) is 0 Å². The van der Waals surface area contributed by atoms with E-state index in [0.717, 1.165) is 5.69 Å². The van der Waals surface area contributed by atoms with Gasteiger partial charge in [0.1, 0.15) is 6.26 Å². The molecule has 1 unspecified atom stereocenters. The smallest absolute Gasteiger partial charge is 0.124 e. The van der Waals surface area contributed by atoms with Gasteiger partial charge in [-0.15, -0.1) is 0 Å². The Kier molecular flexibility index (Phi) is 4.58. The van der Waals surface area contributed by atoms with Crippen molar-refractivity contribution in [3.63, 3.8) is 0 Å². The number of aliphatic hydroxyl groups is 1. The molecule has 0 aliphatic heterocycles. The van der Waals surface area contributed by atoms with Gasteiger partial charge in [-0.25, -0.2) is 0 Å². The van der Waals surface area contributed by atoms with Gasteiger partial charge in [-0.05, 0) is 14.1 Å². The van der Waals surface area contributed by atoms with E-state index in [-0.39, 0.29) is 6.10 Å². The lowest BCUT2D eigenvalue weighted by Crippen LogP contribution is -2.34. The second-order valence-electron chi connectivity index (χ2n) is 3.54. The van der Waals surface area contributed by atoms with Crippen LogP contribution in [0.5, 0.6) is 0 Å². The topological polar surface area (TPSA) is 61.5 Å². The lowest BCUT2D eigenvalue weighted by atomic mass is 10.3. The third-order valence-electron chi connectivity index (χ3n) is 1.75. The van der Waals surface area contributed by atoms with Gasteiger partial charge >= 0.3 is 0 Å². The molecular weight excluding hydrogens is 182 g/mol. The summed E-state index contributed by atoms with van der Waals surface area (Å²) in [6.45, 7) is 1.85. The first-order valence-corrected chi connectivity index (χ1v) is 4.61. The molecule has 0 spiro atoms. The predicted molar refractivity (Wildman–Crippen MR) is 52.8 cm³/mol. The highest BCUT2D eigenvalue weighted by Crippen LogP contribution is 1.93. The first kappa shape index (κ1) is 11.2. The van der Waals surface area contributed by atoms with Gasteiger partial charge in [0.05, 0.1) is 11.8 Å². The maximum Gasteiger partial charge on any atom is 0.124 e. The zero-order valence-corrected chi connectivity index (χ0v) is 8.60. The second kappa shape index (κ2) is 5.74. The molecule has 0 radical (unpaired) electrons. The van der Waals surface area contributed by atoms with E-state index in [2.05, 4.69) is 15.0 Å². The van der Waals surface area contributed by atoms with Crippen molar-refractivity contribution in [2.45, 2.75) is 12.6 Å². The molecule has 5 heteroatoms. The molecule has 1 atom stereocenters. The maximum absolute atomic E-state index is 9.50. The third kappa shape index (κ3) is 4.36. The number of likely N-dealkylation sites (N-methyl/N-ethyl adjacent to an activating group) is 1. The highest BCUT2D eigenvalue weighted by molar-refractivity contribution is 4.94. The summed E-state index contributed by atoms with van der Waals surface area (Å²) in [4.78, 5) is 1.95. The standard InChI is InChI=1S/C9H17N3O2/c1-12(2)7-9(13)6-10-5-8-3-4-14-11-8/h3-4,9-10,13H,5-7H2,1-2H3. The van der Waals surface area contributed by atoms with Crippen LogP contribution in [0.2, 0.25) is 0 Å². The Balaban J connectivity index is 2.09. The van der Waals surface area contributed by atoms with Crippen LogP contribution in [0, 0.1) is 0 Å². The van der Waals surface area contributed by atoms with E-state index in [1.165, 1.54) is 6.26 Å². The summed E-state index contributed by atoms with van der Waals surface area (Å²) in [5.41, 5.74) is 0.849. The van der Waals surface area contributed by atoms with E-state index in [9.17, 15) is 5.11 Å². The number of rotatable bonds is 6. The van der Waals surface area contributed by atoms with E-state index in [0.29, 0.717) is 19.6 Å². The van der Waals surface area contributed by atoms with Crippen LogP contribution >= 0.6 is 0 Å². The van der Waals surface area contributed by atoms with Crippen molar-refractivity contribution in [1.29, 1.82) is 0 Å². The summed E-state index contributed by atoms with van der Waals surface area (Å²) in [6.07, 6.45) is 1.18. The predicted octanol–water partition coefficient (Wildman–Crippen LogP) is -0.313. The molecule has 0 bridgehead atoms. The van der Waals surface area contributed by atoms with Crippen LogP contribution < -0.4 is 5.32 Å².